The fourth-order valence-corrected chi connectivity index (χ4v) is 0.945. The predicted molar refractivity (Wildman–Crippen MR) is 43.8 cm³/mol. The SMILES string of the molecule is NC[C@H](O)c1cccc(O)c1O. The lowest BCUT2D eigenvalue weighted by Crippen LogP contribution is -2.11. The van der Waals surface area contributed by atoms with Crippen LogP contribution < -0.4 is 5.73 Å². The molecule has 0 saturated heterocycles. The summed E-state index contributed by atoms with van der Waals surface area (Å²) >= 11 is 0. The second kappa shape index (κ2) is 3.42. The third-order valence-corrected chi connectivity index (χ3v) is 1.63. The van der Waals surface area contributed by atoms with Crippen LogP contribution in [0.4, 0.5) is 0 Å². The van der Waals surface area contributed by atoms with Crippen LogP contribution in [0.3, 0.4) is 0 Å². The number of phenols is 2. The van der Waals surface area contributed by atoms with Gasteiger partial charge in [-0.2, -0.15) is 0 Å². The van der Waals surface area contributed by atoms with Gasteiger partial charge in [-0.25, -0.2) is 0 Å². The van der Waals surface area contributed by atoms with Crippen LogP contribution in [0.15, 0.2) is 18.2 Å². The maximum atomic E-state index is 9.24. The fraction of sp³-hybridized carbons (Fsp3) is 0.250. The standard InChI is InChI=1S/C8H11NO3/c9-4-7(11)5-2-1-3-6(10)8(5)12/h1-3,7,10-12H,4,9H2/t7-/m0/s1. The number of rotatable bonds is 2. The third-order valence-electron chi connectivity index (χ3n) is 1.63. The molecular formula is C8H11NO3. The molecule has 0 bridgehead atoms. The molecule has 1 aromatic rings. The largest absolute Gasteiger partial charge is 0.504 e. The third kappa shape index (κ3) is 1.49. The van der Waals surface area contributed by atoms with Crippen molar-refractivity contribution in [3.05, 3.63) is 23.8 Å². The van der Waals surface area contributed by atoms with Crippen LogP contribution >= 0.6 is 0 Å². The first-order valence-corrected chi connectivity index (χ1v) is 3.55. The Hall–Kier alpha value is -1.26. The molecule has 0 aliphatic carbocycles. The highest BCUT2D eigenvalue weighted by Gasteiger charge is 2.12. The minimum atomic E-state index is -0.933. The van der Waals surface area contributed by atoms with Crippen molar-refractivity contribution in [3.8, 4) is 11.5 Å². The van der Waals surface area contributed by atoms with Gasteiger partial charge in [0.05, 0.1) is 6.10 Å². The van der Waals surface area contributed by atoms with Gasteiger partial charge in [0.25, 0.3) is 0 Å². The van der Waals surface area contributed by atoms with Crippen molar-refractivity contribution in [2.24, 2.45) is 5.73 Å². The zero-order valence-electron chi connectivity index (χ0n) is 6.44. The van der Waals surface area contributed by atoms with E-state index in [1.807, 2.05) is 0 Å². The van der Waals surface area contributed by atoms with Crippen molar-refractivity contribution in [2.75, 3.05) is 6.54 Å². The number of phenolic OH excluding ortho intramolecular Hbond substituents is 2. The zero-order chi connectivity index (χ0) is 9.14. The molecule has 0 aliphatic heterocycles. The van der Waals surface area contributed by atoms with Crippen LogP contribution in [0.2, 0.25) is 0 Å². The number of hydrogen-bond acceptors (Lipinski definition) is 4. The average Bonchev–Trinajstić information content (AvgIpc) is 2.08. The summed E-state index contributed by atoms with van der Waals surface area (Å²) < 4.78 is 0. The lowest BCUT2D eigenvalue weighted by molar-refractivity contribution is 0.181. The van der Waals surface area contributed by atoms with Gasteiger partial charge in [-0.1, -0.05) is 12.1 Å². The molecule has 12 heavy (non-hydrogen) atoms. The molecule has 66 valence electrons. The van der Waals surface area contributed by atoms with Crippen LogP contribution in [0.25, 0.3) is 0 Å². The second-order valence-corrected chi connectivity index (χ2v) is 2.47. The summed E-state index contributed by atoms with van der Waals surface area (Å²) in [5.74, 6) is -0.560. The van der Waals surface area contributed by atoms with E-state index in [0.29, 0.717) is 0 Å². The molecule has 4 heteroatoms. The Labute approximate surface area is 69.9 Å². The minimum Gasteiger partial charge on any atom is -0.504 e. The Bertz CT molecular complexity index is 275. The highest BCUT2D eigenvalue weighted by atomic mass is 16.3. The zero-order valence-corrected chi connectivity index (χ0v) is 6.44. The molecule has 0 aliphatic rings. The van der Waals surface area contributed by atoms with E-state index < -0.39 is 6.10 Å². The van der Waals surface area contributed by atoms with Crippen LogP contribution in [0, 0.1) is 0 Å². The second-order valence-electron chi connectivity index (χ2n) is 2.47. The van der Waals surface area contributed by atoms with Gasteiger partial charge >= 0.3 is 0 Å². The summed E-state index contributed by atoms with van der Waals surface area (Å²) in [6.45, 7) is 0.0109. The Morgan fingerprint density at radius 2 is 2.00 bits per heavy atom. The topological polar surface area (TPSA) is 86.7 Å². The number of aromatic hydroxyl groups is 2. The molecule has 1 rings (SSSR count). The average molecular weight is 169 g/mol. The summed E-state index contributed by atoms with van der Waals surface area (Å²) in [5.41, 5.74) is 5.43. The normalized spacial score (nSPS) is 12.8. The molecule has 0 spiro atoms. The predicted octanol–water partition coefficient (Wildman–Crippen LogP) is 0.0899. The lowest BCUT2D eigenvalue weighted by Gasteiger charge is -2.10. The van der Waals surface area contributed by atoms with Gasteiger partial charge < -0.3 is 21.1 Å². The molecule has 1 atom stereocenters. The minimum absolute atomic E-state index is 0.0109. The van der Waals surface area contributed by atoms with E-state index in [0.717, 1.165) is 0 Å². The summed E-state index contributed by atoms with van der Waals surface area (Å²) in [6, 6.07) is 4.37. The summed E-state index contributed by atoms with van der Waals surface area (Å²) in [5, 5.41) is 27.5. The summed E-state index contributed by atoms with van der Waals surface area (Å²) in [6.07, 6.45) is -0.933. The Kier molecular flexibility index (Phi) is 2.52. The lowest BCUT2D eigenvalue weighted by atomic mass is 10.1. The molecule has 5 N–H and O–H groups in total. The van der Waals surface area contributed by atoms with Crippen LogP contribution in [0.5, 0.6) is 11.5 Å². The molecule has 0 amide bonds. The number of hydrogen-bond donors (Lipinski definition) is 4. The maximum absolute atomic E-state index is 9.24. The van der Waals surface area contributed by atoms with E-state index in [-0.39, 0.29) is 23.6 Å². The van der Waals surface area contributed by atoms with E-state index in [4.69, 9.17) is 10.8 Å². The molecule has 0 saturated carbocycles. The molecular weight excluding hydrogens is 158 g/mol. The first-order valence-electron chi connectivity index (χ1n) is 3.55. The fourth-order valence-electron chi connectivity index (χ4n) is 0.945. The van der Waals surface area contributed by atoms with E-state index in [9.17, 15) is 10.2 Å². The van der Waals surface area contributed by atoms with Crippen LogP contribution in [0.1, 0.15) is 11.7 Å². The number of benzene rings is 1. The molecule has 4 nitrogen and oxygen atoms in total. The summed E-state index contributed by atoms with van der Waals surface area (Å²) in [4.78, 5) is 0. The van der Waals surface area contributed by atoms with E-state index >= 15 is 0 Å². The summed E-state index contributed by atoms with van der Waals surface area (Å²) in [7, 11) is 0. The number of aliphatic hydroxyl groups excluding tert-OH is 1. The van der Waals surface area contributed by atoms with E-state index in [1.165, 1.54) is 18.2 Å². The smallest absolute Gasteiger partial charge is 0.163 e. The van der Waals surface area contributed by atoms with Gasteiger partial charge in [-0.05, 0) is 6.07 Å². The van der Waals surface area contributed by atoms with E-state index in [2.05, 4.69) is 0 Å². The van der Waals surface area contributed by atoms with Gasteiger partial charge in [0, 0.05) is 12.1 Å². The molecule has 0 aromatic heterocycles. The highest BCUT2D eigenvalue weighted by Crippen LogP contribution is 2.31. The van der Waals surface area contributed by atoms with Crippen molar-refractivity contribution >= 4 is 0 Å². The van der Waals surface area contributed by atoms with Gasteiger partial charge in [0.1, 0.15) is 0 Å². The molecule has 0 unspecified atom stereocenters. The van der Waals surface area contributed by atoms with Crippen molar-refractivity contribution in [3.63, 3.8) is 0 Å². The van der Waals surface area contributed by atoms with Crippen molar-refractivity contribution in [1.82, 2.24) is 0 Å². The first-order chi connectivity index (χ1) is 5.66. The van der Waals surface area contributed by atoms with Gasteiger partial charge in [-0.3, -0.25) is 0 Å². The number of para-hydroxylation sites is 1. The quantitative estimate of drug-likeness (QED) is 0.472. The van der Waals surface area contributed by atoms with Crippen molar-refractivity contribution < 1.29 is 15.3 Å². The van der Waals surface area contributed by atoms with Crippen LogP contribution in [-0.4, -0.2) is 21.9 Å². The van der Waals surface area contributed by atoms with Crippen molar-refractivity contribution in [1.29, 1.82) is 0 Å². The van der Waals surface area contributed by atoms with Gasteiger partial charge in [0.15, 0.2) is 11.5 Å². The van der Waals surface area contributed by atoms with Gasteiger partial charge in [-0.15, -0.1) is 0 Å². The molecule has 0 fully saturated rings. The molecule has 0 heterocycles. The molecule has 1 aromatic carbocycles. The Morgan fingerprint density at radius 1 is 1.33 bits per heavy atom. The van der Waals surface area contributed by atoms with Crippen LogP contribution in [-0.2, 0) is 0 Å². The Balaban J connectivity index is 3.07. The Morgan fingerprint density at radius 3 is 2.58 bits per heavy atom. The number of aliphatic hydroxyl groups is 1. The monoisotopic (exact) mass is 169 g/mol. The van der Waals surface area contributed by atoms with Crippen molar-refractivity contribution in [2.45, 2.75) is 6.10 Å². The molecule has 0 radical (unpaired) electrons. The first kappa shape index (κ1) is 8.83. The highest BCUT2D eigenvalue weighted by molar-refractivity contribution is 5.45. The van der Waals surface area contributed by atoms with E-state index in [1.54, 1.807) is 0 Å². The van der Waals surface area contributed by atoms with Gasteiger partial charge in [0.2, 0.25) is 0 Å². The number of nitrogens with two attached hydrogens (primary N) is 1. The maximum Gasteiger partial charge on any atom is 0.163 e.